The lowest BCUT2D eigenvalue weighted by Gasteiger charge is -2.12. The monoisotopic (exact) mass is 168 g/mol. The minimum atomic E-state index is -4.26. The zero-order chi connectivity index (χ0) is 8.36. The second-order valence-electron chi connectivity index (χ2n) is 2.29. The van der Waals surface area contributed by atoms with Gasteiger partial charge >= 0.3 is 0 Å². The van der Waals surface area contributed by atoms with E-state index in [0.29, 0.717) is 6.42 Å². The van der Waals surface area contributed by atoms with Gasteiger partial charge in [-0.1, -0.05) is 13.8 Å². The van der Waals surface area contributed by atoms with Gasteiger partial charge in [-0.2, -0.15) is 8.42 Å². The molecule has 0 aromatic heterocycles. The Morgan fingerprint density at radius 1 is 1.50 bits per heavy atom. The molecular weight excluding hydrogens is 156 g/mol. The highest BCUT2D eigenvalue weighted by Gasteiger charge is 2.24. The van der Waals surface area contributed by atoms with Crippen molar-refractivity contribution >= 4 is 10.1 Å². The molecule has 1 unspecified atom stereocenters. The predicted molar refractivity (Wildman–Crippen MR) is 37.0 cm³/mol. The van der Waals surface area contributed by atoms with Crippen LogP contribution in [0.2, 0.25) is 0 Å². The fourth-order valence-corrected chi connectivity index (χ4v) is 1.27. The van der Waals surface area contributed by atoms with Crippen molar-refractivity contribution in [1.82, 2.24) is 0 Å². The number of hydrogen-bond acceptors (Lipinski definition) is 3. The van der Waals surface area contributed by atoms with Gasteiger partial charge in [0.25, 0.3) is 10.1 Å². The Morgan fingerprint density at radius 2 is 1.90 bits per heavy atom. The molecule has 0 radical (unpaired) electrons. The van der Waals surface area contributed by atoms with E-state index < -0.39 is 21.5 Å². The van der Waals surface area contributed by atoms with E-state index in [1.165, 1.54) is 0 Å². The molecule has 4 nitrogen and oxygen atoms in total. The molecule has 5 heteroatoms. The summed E-state index contributed by atoms with van der Waals surface area (Å²) in [6, 6.07) is 0. The van der Waals surface area contributed by atoms with Gasteiger partial charge in [0.1, 0.15) is 0 Å². The molecule has 0 bridgehead atoms. The van der Waals surface area contributed by atoms with Crippen LogP contribution in [-0.2, 0) is 10.1 Å². The summed E-state index contributed by atoms with van der Waals surface area (Å²) in [5, 5.41) is 8.82. The highest BCUT2D eigenvalue weighted by Crippen LogP contribution is 2.11. The molecule has 0 rings (SSSR count). The maximum Gasteiger partial charge on any atom is 0.292 e. The molecule has 0 aromatic rings. The van der Waals surface area contributed by atoms with Gasteiger partial charge in [-0.25, -0.2) is 0 Å². The Bertz CT molecular complexity index is 184. The molecule has 62 valence electrons. The maximum absolute atomic E-state index is 10.2. The molecule has 0 saturated heterocycles. The first-order chi connectivity index (χ1) is 4.39. The molecule has 2 N–H and O–H groups in total. The zero-order valence-corrected chi connectivity index (χ0v) is 6.80. The highest BCUT2D eigenvalue weighted by molar-refractivity contribution is 7.86. The SMILES string of the molecule is CC[C@@H](C)C(O)S(=O)(=O)O. The number of aliphatic hydroxyl groups is 1. The van der Waals surface area contributed by atoms with Crippen LogP contribution in [0.4, 0.5) is 0 Å². The lowest BCUT2D eigenvalue weighted by atomic mass is 10.1. The Morgan fingerprint density at radius 3 is 2.00 bits per heavy atom. The fourth-order valence-electron chi connectivity index (χ4n) is 0.495. The van der Waals surface area contributed by atoms with Crippen LogP contribution in [0.3, 0.4) is 0 Å². The Balaban J connectivity index is 4.23. The van der Waals surface area contributed by atoms with E-state index in [0.717, 1.165) is 0 Å². The summed E-state index contributed by atoms with van der Waals surface area (Å²) >= 11 is 0. The van der Waals surface area contributed by atoms with Gasteiger partial charge in [0.2, 0.25) is 0 Å². The first-order valence-corrected chi connectivity index (χ1v) is 4.54. The smallest absolute Gasteiger partial charge is 0.292 e. The summed E-state index contributed by atoms with van der Waals surface area (Å²) < 4.78 is 28.8. The van der Waals surface area contributed by atoms with E-state index in [1.54, 1.807) is 13.8 Å². The summed E-state index contributed by atoms with van der Waals surface area (Å²) in [4.78, 5) is 0. The normalized spacial score (nSPS) is 18.4. The summed E-state index contributed by atoms with van der Waals surface area (Å²) in [7, 11) is -4.26. The van der Waals surface area contributed by atoms with Gasteiger partial charge in [0.05, 0.1) is 0 Å². The van der Waals surface area contributed by atoms with Crippen molar-refractivity contribution in [3.05, 3.63) is 0 Å². The van der Waals surface area contributed by atoms with Gasteiger partial charge in [0.15, 0.2) is 5.44 Å². The van der Waals surface area contributed by atoms with Crippen LogP contribution in [0, 0.1) is 5.92 Å². The standard InChI is InChI=1S/C5H12O4S/c1-3-4(2)5(6)10(7,8)9/h4-6H,3H2,1-2H3,(H,7,8,9)/t4-,5?/m1/s1. The average molecular weight is 168 g/mol. The first kappa shape index (κ1) is 9.87. The van der Waals surface area contributed by atoms with Crippen LogP contribution >= 0.6 is 0 Å². The number of hydrogen-bond donors (Lipinski definition) is 2. The number of aliphatic hydroxyl groups excluding tert-OH is 1. The molecule has 0 fully saturated rings. The van der Waals surface area contributed by atoms with Crippen LogP contribution in [0.25, 0.3) is 0 Å². The van der Waals surface area contributed by atoms with Crippen molar-refractivity contribution in [1.29, 1.82) is 0 Å². The fraction of sp³-hybridized carbons (Fsp3) is 1.00. The molecule has 0 saturated carbocycles. The molecular formula is C5H12O4S. The minimum Gasteiger partial charge on any atom is -0.375 e. The molecule has 2 atom stereocenters. The molecule has 10 heavy (non-hydrogen) atoms. The van der Waals surface area contributed by atoms with Crippen LogP contribution in [0.15, 0.2) is 0 Å². The largest absolute Gasteiger partial charge is 0.375 e. The highest BCUT2D eigenvalue weighted by atomic mass is 32.2. The predicted octanol–water partition coefficient (Wildman–Crippen LogP) is 0.239. The summed E-state index contributed by atoms with van der Waals surface area (Å²) in [6.45, 7) is 3.29. The van der Waals surface area contributed by atoms with E-state index in [4.69, 9.17) is 9.66 Å². The summed E-state index contributed by atoms with van der Waals surface area (Å²) in [6.07, 6.45) is 0.515. The molecule has 0 aliphatic rings. The van der Waals surface area contributed by atoms with Crippen molar-refractivity contribution in [2.45, 2.75) is 25.7 Å². The van der Waals surface area contributed by atoms with Gasteiger partial charge in [-0.15, -0.1) is 0 Å². The van der Waals surface area contributed by atoms with E-state index in [2.05, 4.69) is 0 Å². The second kappa shape index (κ2) is 3.32. The van der Waals surface area contributed by atoms with Gasteiger partial charge in [-0.3, -0.25) is 4.55 Å². The molecule has 0 heterocycles. The van der Waals surface area contributed by atoms with E-state index in [1.807, 2.05) is 0 Å². The summed E-state index contributed by atoms with van der Waals surface area (Å²) in [5.74, 6) is -0.421. The molecule has 0 aromatic carbocycles. The zero-order valence-electron chi connectivity index (χ0n) is 5.98. The quantitative estimate of drug-likeness (QED) is 0.592. The minimum absolute atomic E-state index is 0.421. The third-order valence-electron chi connectivity index (χ3n) is 1.44. The Labute approximate surface area is 60.6 Å². The van der Waals surface area contributed by atoms with Gasteiger partial charge in [0, 0.05) is 0 Å². The summed E-state index contributed by atoms with van der Waals surface area (Å²) in [5.41, 5.74) is -1.64. The van der Waals surface area contributed by atoms with Gasteiger partial charge < -0.3 is 5.11 Å². The first-order valence-electron chi connectivity index (χ1n) is 3.04. The maximum atomic E-state index is 10.2. The molecule has 0 amide bonds. The average Bonchev–Trinajstić information content (AvgIpc) is 1.83. The molecule has 0 aliphatic carbocycles. The Hall–Kier alpha value is -0.130. The third kappa shape index (κ3) is 2.64. The Kier molecular flexibility index (Phi) is 3.27. The van der Waals surface area contributed by atoms with Crippen molar-refractivity contribution in [2.75, 3.05) is 0 Å². The third-order valence-corrected chi connectivity index (χ3v) is 2.51. The van der Waals surface area contributed by atoms with E-state index >= 15 is 0 Å². The molecule has 0 spiro atoms. The molecule has 0 aliphatic heterocycles. The second-order valence-corrected chi connectivity index (χ2v) is 3.80. The van der Waals surface area contributed by atoms with Crippen LogP contribution in [-0.4, -0.2) is 23.5 Å². The van der Waals surface area contributed by atoms with Crippen molar-refractivity contribution in [3.8, 4) is 0 Å². The van der Waals surface area contributed by atoms with Crippen molar-refractivity contribution in [3.63, 3.8) is 0 Å². The van der Waals surface area contributed by atoms with Crippen LogP contribution < -0.4 is 0 Å². The van der Waals surface area contributed by atoms with E-state index in [9.17, 15) is 8.42 Å². The van der Waals surface area contributed by atoms with Crippen molar-refractivity contribution < 1.29 is 18.1 Å². The topological polar surface area (TPSA) is 74.6 Å². The van der Waals surface area contributed by atoms with Crippen LogP contribution in [0.5, 0.6) is 0 Å². The van der Waals surface area contributed by atoms with Crippen molar-refractivity contribution in [2.24, 2.45) is 5.92 Å². The van der Waals surface area contributed by atoms with E-state index in [-0.39, 0.29) is 0 Å². The number of rotatable bonds is 3. The lowest BCUT2D eigenvalue weighted by molar-refractivity contribution is 0.175. The lowest BCUT2D eigenvalue weighted by Crippen LogP contribution is -2.26. The van der Waals surface area contributed by atoms with Crippen LogP contribution in [0.1, 0.15) is 20.3 Å². The van der Waals surface area contributed by atoms with Gasteiger partial charge in [-0.05, 0) is 12.3 Å².